The molecule has 0 atom stereocenters. The molecule has 0 saturated carbocycles. The molecule has 12 nitrogen and oxygen atoms in total. The molecular formula is C47H62O12. The van der Waals surface area contributed by atoms with Crippen molar-refractivity contribution in [2.24, 2.45) is 0 Å². The van der Waals surface area contributed by atoms with Crippen molar-refractivity contribution in [2.45, 2.75) is 32.5 Å². The first kappa shape index (κ1) is 46.2. The third kappa shape index (κ3) is 12.6. The number of benzene rings is 4. The van der Waals surface area contributed by atoms with Gasteiger partial charge in [0.05, 0.1) is 111 Å². The minimum absolute atomic E-state index is 0.0328. The molecule has 5 rings (SSSR count). The second-order valence-electron chi connectivity index (χ2n) is 14.2. The first-order chi connectivity index (χ1) is 29.0. The van der Waals surface area contributed by atoms with Gasteiger partial charge in [-0.1, -0.05) is 71.8 Å². The van der Waals surface area contributed by atoms with Crippen molar-refractivity contribution >= 4 is 0 Å². The van der Waals surface area contributed by atoms with Crippen molar-refractivity contribution in [3.63, 3.8) is 0 Å². The van der Waals surface area contributed by atoms with Gasteiger partial charge in [-0.3, -0.25) is 0 Å². The Morgan fingerprint density at radius 1 is 0.424 bits per heavy atom. The molecule has 0 bridgehead atoms. The molecular weight excluding hydrogens is 757 g/mol. The second-order valence-corrected chi connectivity index (χ2v) is 14.2. The summed E-state index contributed by atoms with van der Waals surface area (Å²) >= 11 is 0. The number of aliphatic hydroxyl groups is 2. The number of hydrogen-bond donors (Lipinski definition) is 2. The van der Waals surface area contributed by atoms with Gasteiger partial charge in [0, 0.05) is 14.2 Å². The predicted octanol–water partition coefficient (Wildman–Crippen LogP) is 5.80. The third-order valence-electron chi connectivity index (χ3n) is 10.0. The lowest BCUT2D eigenvalue weighted by Crippen LogP contribution is -2.29. The highest BCUT2D eigenvalue weighted by Crippen LogP contribution is 2.57. The van der Waals surface area contributed by atoms with Crippen molar-refractivity contribution in [3.8, 4) is 22.6 Å². The summed E-state index contributed by atoms with van der Waals surface area (Å²) in [5.74, 6) is 1.21. The molecule has 0 unspecified atom stereocenters. The van der Waals surface area contributed by atoms with Crippen LogP contribution in [-0.2, 0) is 56.5 Å². The number of aryl methyl sites for hydroxylation is 2. The highest BCUT2D eigenvalue weighted by Gasteiger charge is 2.47. The topological polar surface area (TPSA) is 133 Å². The summed E-state index contributed by atoms with van der Waals surface area (Å²) in [6, 6.07) is 26.2. The number of hydrogen-bond acceptors (Lipinski definition) is 12. The van der Waals surface area contributed by atoms with Crippen LogP contribution in [0.5, 0.6) is 11.5 Å². The molecule has 0 radical (unpaired) electrons. The fraction of sp³-hybridized carbons (Fsp3) is 0.489. The first-order valence-electron chi connectivity index (χ1n) is 20.4. The fourth-order valence-corrected chi connectivity index (χ4v) is 7.29. The zero-order chi connectivity index (χ0) is 41.7. The standard InChI is InChI=1S/C47H62O12/c1-35-5-10-41-42-11-6-36(2)30-44(42)47(43(41)29-35,39-8-7-37(33-56-23-21-52-15-13-48)38(31-39)34-57-24-22-53-16-14-49)40-9-12-45(58-27-25-54-19-17-50-3)46(32-40)59-28-26-55-20-18-51-4/h5-12,29-32,48-49H,13-28,33-34H2,1-4H3. The lowest BCUT2D eigenvalue weighted by atomic mass is 9.67. The van der Waals surface area contributed by atoms with Crippen LogP contribution >= 0.6 is 0 Å². The van der Waals surface area contributed by atoms with E-state index in [0.29, 0.717) is 104 Å². The quantitative estimate of drug-likeness (QED) is 0.0543. The van der Waals surface area contributed by atoms with Gasteiger partial charge in [0.25, 0.3) is 0 Å². The summed E-state index contributed by atoms with van der Waals surface area (Å²) in [4.78, 5) is 0. The van der Waals surface area contributed by atoms with E-state index in [2.05, 4.69) is 80.6 Å². The van der Waals surface area contributed by atoms with Crippen molar-refractivity contribution in [1.29, 1.82) is 0 Å². The van der Waals surface area contributed by atoms with Crippen LogP contribution in [0.1, 0.15) is 44.5 Å². The van der Waals surface area contributed by atoms with E-state index < -0.39 is 5.41 Å². The minimum atomic E-state index is -0.756. The maximum atomic E-state index is 9.17. The van der Waals surface area contributed by atoms with Crippen LogP contribution in [0.4, 0.5) is 0 Å². The van der Waals surface area contributed by atoms with E-state index in [-0.39, 0.29) is 26.4 Å². The Hall–Kier alpha value is -3.92. The van der Waals surface area contributed by atoms with Gasteiger partial charge in [0.2, 0.25) is 0 Å². The van der Waals surface area contributed by atoms with Crippen molar-refractivity contribution in [2.75, 3.05) is 120 Å². The molecule has 0 heterocycles. The van der Waals surface area contributed by atoms with Gasteiger partial charge in [0.1, 0.15) is 13.2 Å². The molecule has 4 aromatic rings. The summed E-state index contributed by atoms with van der Waals surface area (Å²) < 4.78 is 57.7. The molecule has 0 aromatic heterocycles. The minimum Gasteiger partial charge on any atom is -0.487 e. The van der Waals surface area contributed by atoms with Crippen LogP contribution in [-0.4, -0.2) is 130 Å². The van der Waals surface area contributed by atoms with Gasteiger partial charge >= 0.3 is 0 Å². The lowest BCUT2D eigenvalue weighted by molar-refractivity contribution is 0.0222. The zero-order valence-electron chi connectivity index (χ0n) is 35.1. The van der Waals surface area contributed by atoms with E-state index in [1.807, 2.05) is 6.07 Å². The summed E-state index contributed by atoms with van der Waals surface area (Å²) in [7, 11) is 3.30. The molecule has 12 heteroatoms. The zero-order valence-corrected chi connectivity index (χ0v) is 35.1. The van der Waals surface area contributed by atoms with E-state index in [9.17, 15) is 0 Å². The van der Waals surface area contributed by atoms with Crippen LogP contribution in [0.3, 0.4) is 0 Å². The number of rotatable bonds is 30. The first-order valence-corrected chi connectivity index (χ1v) is 20.4. The average molecular weight is 819 g/mol. The van der Waals surface area contributed by atoms with Gasteiger partial charge in [0.15, 0.2) is 11.5 Å². The summed E-state index contributed by atoms with van der Waals surface area (Å²) in [6.07, 6.45) is 0. The Morgan fingerprint density at radius 3 is 1.44 bits per heavy atom. The maximum Gasteiger partial charge on any atom is 0.161 e. The van der Waals surface area contributed by atoms with E-state index in [0.717, 1.165) is 33.4 Å². The molecule has 2 N–H and O–H groups in total. The van der Waals surface area contributed by atoms with E-state index in [4.69, 9.17) is 57.6 Å². The lowest BCUT2D eigenvalue weighted by Gasteiger charge is -2.35. The van der Waals surface area contributed by atoms with Crippen molar-refractivity contribution < 1.29 is 57.6 Å². The molecule has 0 fully saturated rings. The average Bonchev–Trinajstić information content (AvgIpc) is 3.52. The molecule has 59 heavy (non-hydrogen) atoms. The van der Waals surface area contributed by atoms with Gasteiger partial charge in [-0.05, 0) is 70.5 Å². The molecule has 4 aromatic carbocycles. The Kier molecular flexibility index (Phi) is 19.6. The summed E-state index contributed by atoms with van der Waals surface area (Å²) in [5.41, 5.74) is 10.3. The summed E-state index contributed by atoms with van der Waals surface area (Å²) in [6.45, 7) is 10.3. The molecule has 1 aliphatic carbocycles. The number of ether oxygens (including phenoxy) is 10. The highest BCUT2D eigenvalue weighted by molar-refractivity contribution is 5.87. The largest absolute Gasteiger partial charge is 0.487 e. The van der Waals surface area contributed by atoms with Crippen LogP contribution < -0.4 is 9.47 Å². The third-order valence-corrected chi connectivity index (χ3v) is 10.0. The Balaban J connectivity index is 1.62. The van der Waals surface area contributed by atoms with Crippen molar-refractivity contribution in [1.82, 2.24) is 0 Å². The Bertz CT molecular complexity index is 1710. The molecule has 0 saturated heterocycles. The van der Waals surface area contributed by atoms with Crippen molar-refractivity contribution in [3.05, 3.63) is 117 Å². The van der Waals surface area contributed by atoms with E-state index in [1.54, 1.807) is 14.2 Å². The summed E-state index contributed by atoms with van der Waals surface area (Å²) in [5, 5.41) is 18.3. The normalized spacial score (nSPS) is 12.8. The number of methoxy groups -OCH3 is 2. The van der Waals surface area contributed by atoms with Crippen LogP contribution in [0, 0.1) is 13.8 Å². The van der Waals surface area contributed by atoms with E-state index in [1.165, 1.54) is 22.3 Å². The SMILES string of the molecule is COCCOCCOc1ccc(C2(c3ccc(COCCOCCO)c(COCCOCCO)c3)c3cc(C)ccc3-c3ccc(C)cc32)cc1OCCOCCOC. The highest BCUT2D eigenvalue weighted by atomic mass is 16.6. The maximum absolute atomic E-state index is 9.17. The molecule has 322 valence electrons. The van der Waals surface area contributed by atoms with Crippen LogP contribution in [0.2, 0.25) is 0 Å². The molecule has 0 aliphatic heterocycles. The van der Waals surface area contributed by atoms with Crippen LogP contribution in [0.15, 0.2) is 72.8 Å². The van der Waals surface area contributed by atoms with Gasteiger partial charge in [-0.2, -0.15) is 0 Å². The molecule has 0 amide bonds. The molecule has 0 spiro atoms. The Labute approximate surface area is 349 Å². The molecule has 1 aliphatic rings. The van der Waals surface area contributed by atoms with Crippen LogP contribution in [0.25, 0.3) is 11.1 Å². The number of aliphatic hydroxyl groups excluding tert-OH is 2. The predicted molar refractivity (Wildman–Crippen MR) is 225 cm³/mol. The fourth-order valence-electron chi connectivity index (χ4n) is 7.29. The smallest absolute Gasteiger partial charge is 0.161 e. The van der Waals surface area contributed by atoms with Gasteiger partial charge in [-0.25, -0.2) is 0 Å². The Morgan fingerprint density at radius 2 is 0.881 bits per heavy atom. The van der Waals surface area contributed by atoms with E-state index >= 15 is 0 Å². The number of fused-ring (bicyclic) bond motifs is 3. The van der Waals surface area contributed by atoms with Gasteiger partial charge < -0.3 is 57.6 Å². The second kappa shape index (κ2) is 25.0. The van der Waals surface area contributed by atoms with Gasteiger partial charge in [-0.15, -0.1) is 0 Å². The monoisotopic (exact) mass is 818 g/mol.